The second kappa shape index (κ2) is 5.94. The summed E-state index contributed by atoms with van der Waals surface area (Å²) in [6.07, 6.45) is 0.191. The van der Waals surface area contributed by atoms with Crippen LogP contribution >= 0.6 is 0 Å². The zero-order chi connectivity index (χ0) is 13.0. The van der Waals surface area contributed by atoms with Gasteiger partial charge in [0.2, 0.25) is 0 Å². The van der Waals surface area contributed by atoms with Gasteiger partial charge in [0.1, 0.15) is 17.3 Å². The highest BCUT2D eigenvalue weighted by Gasteiger charge is 2.19. The Bertz CT molecular complexity index is 406. The van der Waals surface area contributed by atoms with Gasteiger partial charge < -0.3 is 19.2 Å². The third-order valence-corrected chi connectivity index (χ3v) is 2.60. The molecule has 0 aromatic carbocycles. The number of nitrogens with one attached hydrogen (secondary N) is 1. The van der Waals surface area contributed by atoms with Crippen LogP contribution < -0.4 is 5.32 Å². The molecule has 0 saturated carbocycles. The molecule has 0 aliphatic carbocycles. The molecule has 1 aliphatic heterocycles. The van der Waals surface area contributed by atoms with E-state index >= 15 is 0 Å². The quantitative estimate of drug-likeness (QED) is 0.626. The molecular formula is C11H16N2O5. The van der Waals surface area contributed by atoms with Crippen LogP contribution in [0.2, 0.25) is 0 Å². The van der Waals surface area contributed by atoms with Crippen molar-refractivity contribution in [2.24, 2.45) is 0 Å². The average Bonchev–Trinajstić information content (AvgIpc) is 2.78. The highest BCUT2D eigenvalue weighted by molar-refractivity contribution is 5.17. The zero-order valence-corrected chi connectivity index (χ0v) is 10.1. The smallest absolute Gasteiger partial charge is 0.403 e. The van der Waals surface area contributed by atoms with Crippen molar-refractivity contribution in [3.63, 3.8) is 0 Å². The van der Waals surface area contributed by atoms with Gasteiger partial charge in [0.25, 0.3) is 0 Å². The first-order valence-electron chi connectivity index (χ1n) is 5.82. The molecule has 1 saturated heterocycles. The summed E-state index contributed by atoms with van der Waals surface area (Å²) in [7, 11) is 0. The van der Waals surface area contributed by atoms with Gasteiger partial charge in [-0.25, -0.2) is 0 Å². The monoisotopic (exact) mass is 256 g/mol. The standard InChI is InChI=1S/C11H16N2O5/c1-8-4-12-5-10(17-8)7-16-6-9-2-3-11(18-9)13(14)15/h2-3,8,10,12H,4-7H2,1H3. The molecule has 2 atom stereocenters. The van der Waals surface area contributed by atoms with Crippen molar-refractivity contribution in [3.05, 3.63) is 28.0 Å². The Balaban J connectivity index is 1.72. The first-order chi connectivity index (χ1) is 8.65. The molecule has 18 heavy (non-hydrogen) atoms. The van der Waals surface area contributed by atoms with E-state index in [9.17, 15) is 10.1 Å². The molecule has 2 rings (SSSR count). The van der Waals surface area contributed by atoms with Gasteiger partial charge in [-0.2, -0.15) is 0 Å². The van der Waals surface area contributed by atoms with Crippen molar-refractivity contribution in [1.29, 1.82) is 0 Å². The zero-order valence-electron chi connectivity index (χ0n) is 10.1. The number of hydrogen-bond donors (Lipinski definition) is 1. The summed E-state index contributed by atoms with van der Waals surface area (Å²) < 4.78 is 16.0. The number of rotatable bonds is 5. The minimum Gasteiger partial charge on any atom is -0.403 e. The fourth-order valence-corrected chi connectivity index (χ4v) is 1.80. The van der Waals surface area contributed by atoms with Gasteiger partial charge in [0.15, 0.2) is 0 Å². The van der Waals surface area contributed by atoms with E-state index in [0.29, 0.717) is 12.4 Å². The summed E-state index contributed by atoms with van der Waals surface area (Å²) in [4.78, 5) is 9.84. The van der Waals surface area contributed by atoms with E-state index in [1.165, 1.54) is 6.07 Å². The maximum Gasteiger partial charge on any atom is 0.433 e. The summed E-state index contributed by atoms with van der Waals surface area (Å²) in [6.45, 7) is 4.24. The maximum atomic E-state index is 10.4. The Kier molecular flexibility index (Phi) is 4.29. The van der Waals surface area contributed by atoms with Gasteiger partial charge in [-0.15, -0.1) is 0 Å². The average molecular weight is 256 g/mol. The van der Waals surface area contributed by atoms with Crippen molar-refractivity contribution < 1.29 is 18.8 Å². The van der Waals surface area contributed by atoms with Gasteiger partial charge in [-0.1, -0.05) is 0 Å². The summed E-state index contributed by atoms with van der Waals surface area (Å²) in [5.74, 6) is 0.177. The van der Waals surface area contributed by atoms with E-state index in [1.807, 2.05) is 6.92 Å². The topological polar surface area (TPSA) is 86.8 Å². The predicted molar refractivity (Wildman–Crippen MR) is 62.2 cm³/mol. The molecular weight excluding hydrogens is 240 g/mol. The van der Waals surface area contributed by atoms with Crippen LogP contribution in [0.1, 0.15) is 12.7 Å². The van der Waals surface area contributed by atoms with Crippen molar-refractivity contribution in [2.45, 2.75) is 25.7 Å². The minimum absolute atomic E-state index is 0.0127. The summed E-state index contributed by atoms with van der Waals surface area (Å²) in [6, 6.07) is 2.86. The molecule has 7 heteroatoms. The molecule has 2 unspecified atom stereocenters. The highest BCUT2D eigenvalue weighted by atomic mass is 16.6. The van der Waals surface area contributed by atoms with E-state index in [1.54, 1.807) is 6.07 Å². The van der Waals surface area contributed by atoms with Gasteiger partial charge >= 0.3 is 5.88 Å². The molecule has 1 aromatic heterocycles. The highest BCUT2D eigenvalue weighted by Crippen LogP contribution is 2.16. The van der Waals surface area contributed by atoms with Crippen molar-refractivity contribution in [3.8, 4) is 0 Å². The van der Waals surface area contributed by atoms with Gasteiger partial charge in [0, 0.05) is 13.1 Å². The molecule has 7 nitrogen and oxygen atoms in total. The molecule has 0 amide bonds. The summed E-state index contributed by atoms with van der Waals surface area (Å²) >= 11 is 0. The molecule has 0 radical (unpaired) electrons. The van der Waals surface area contributed by atoms with Gasteiger partial charge in [-0.3, -0.25) is 10.1 Å². The van der Waals surface area contributed by atoms with Crippen LogP contribution in [0.15, 0.2) is 16.5 Å². The van der Waals surface area contributed by atoms with Crippen LogP contribution in [0.25, 0.3) is 0 Å². The van der Waals surface area contributed by atoms with E-state index in [-0.39, 0.29) is 24.7 Å². The second-order valence-electron chi connectivity index (χ2n) is 4.24. The van der Waals surface area contributed by atoms with Crippen molar-refractivity contribution >= 4 is 5.88 Å². The molecule has 1 fully saturated rings. The number of ether oxygens (including phenoxy) is 2. The van der Waals surface area contributed by atoms with Crippen LogP contribution in [0.5, 0.6) is 0 Å². The molecule has 2 heterocycles. The predicted octanol–water partition coefficient (Wildman–Crippen LogP) is 1.08. The Hall–Kier alpha value is -1.44. The Morgan fingerprint density at radius 1 is 1.56 bits per heavy atom. The molecule has 0 bridgehead atoms. The third kappa shape index (κ3) is 3.52. The van der Waals surface area contributed by atoms with Crippen LogP contribution in [0, 0.1) is 10.1 Å². The molecule has 0 spiro atoms. The van der Waals surface area contributed by atoms with Crippen molar-refractivity contribution in [2.75, 3.05) is 19.7 Å². The minimum atomic E-state index is -0.570. The Morgan fingerprint density at radius 3 is 3.06 bits per heavy atom. The van der Waals surface area contributed by atoms with Gasteiger partial charge in [-0.05, 0) is 13.0 Å². The molecule has 1 aromatic rings. The lowest BCUT2D eigenvalue weighted by Gasteiger charge is -2.28. The van der Waals surface area contributed by atoms with Gasteiger partial charge in [0.05, 0.1) is 24.9 Å². The van der Waals surface area contributed by atoms with Crippen LogP contribution in [0.3, 0.4) is 0 Å². The van der Waals surface area contributed by atoms with E-state index in [2.05, 4.69) is 5.32 Å². The number of hydrogen-bond acceptors (Lipinski definition) is 6. The first-order valence-corrected chi connectivity index (χ1v) is 5.82. The molecule has 1 N–H and O–H groups in total. The summed E-state index contributed by atoms with van der Waals surface area (Å²) in [5.41, 5.74) is 0. The largest absolute Gasteiger partial charge is 0.433 e. The normalized spacial score (nSPS) is 24.1. The summed E-state index contributed by atoms with van der Waals surface area (Å²) in [5, 5.41) is 13.6. The van der Waals surface area contributed by atoms with Crippen LogP contribution in [-0.4, -0.2) is 36.8 Å². The molecule has 1 aliphatic rings. The van der Waals surface area contributed by atoms with Crippen LogP contribution in [-0.2, 0) is 16.1 Å². The number of nitro groups is 1. The number of furan rings is 1. The number of nitrogens with zero attached hydrogens (tertiary/aromatic N) is 1. The van der Waals surface area contributed by atoms with E-state index < -0.39 is 4.92 Å². The third-order valence-electron chi connectivity index (χ3n) is 2.60. The Morgan fingerprint density at radius 2 is 2.39 bits per heavy atom. The lowest BCUT2D eigenvalue weighted by Crippen LogP contribution is -2.45. The Labute approximate surface area is 104 Å². The van der Waals surface area contributed by atoms with E-state index in [4.69, 9.17) is 13.9 Å². The molecule has 100 valence electrons. The SMILES string of the molecule is CC1CNCC(COCc2ccc([N+](=O)[O-])o2)O1. The number of morpholine rings is 1. The second-order valence-corrected chi connectivity index (χ2v) is 4.24. The fourth-order valence-electron chi connectivity index (χ4n) is 1.80. The first kappa shape index (κ1) is 13.0. The maximum absolute atomic E-state index is 10.4. The lowest BCUT2D eigenvalue weighted by atomic mass is 10.2. The van der Waals surface area contributed by atoms with Crippen molar-refractivity contribution in [1.82, 2.24) is 5.32 Å². The van der Waals surface area contributed by atoms with E-state index in [0.717, 1.165) is 13.1 Å². The van der Waals surface area contributed by atoms with Crippen LogP contribution in [0.4, 0.5) is 5.88 Å². The fraction of sp³-hybridized carbons (Fsp3) is 0.636. The lowest BCUT2D eigenvalue weighted by molar-refractivity contribution is -0.402.